The lowest BCUT2D eigenvalue weighted by Gasteiger charge is -2.27. The minimum absolute atomic E-state index is 0.0336. The summed E-state index contributed by atoms with van der Waals surface area (Å²) in [5, 5.41) is 4.83. The number of benzene rings is 1. The molecule has 2 aliphatic heterocycles. The quantitative estimate of drug-likeness (QED) is 0.178. The fourth-order valence-corrected chi connectivity index (χ4v) is 3.80. The molecule has 2 heterocycles. The Labute approximate surface area is 213 Å². The van der Waals surface area contributed by atoms with Crippen LogP contribution < -0.4 is 16.4 Å². The minimum Gasteiger partial charge on any atom is -0.378 e. The number of nitrogens with two attached hydrogens (primary N) is 1. The molecule has 1 atom stereocenters. The molecule has 13 nitrogen and oxygen atoms in total. The highest BCUT2D eigenvalue weighted by molar-refractivity contribution is 6.24. The number of carbonyl (C=O) groups excluding carboxylic acids is 5. The van der Waals surface area contributed by atoms with Gasteiger partial charge in [0, 0.05) is 25.1 Å². The van der Waals surface area contributed by atoms with Crippen LogP contribution in [0, 0.1) is 0 Å². The molecule has 0 saturated carbocycles. The number of nitrogens with zero attached hydrogens (tertiary/aromatic N) is 1. The van der Waals surface area contributed by atoms with E-state index in [4.69, 9.17) is 24.7 Å². The van der Waals surface area contributed by atoms with Crippen LogP contribution in [0.4, 0.5) is 0 Å². The smallest absolute Gasteiger partial charge is 0.262 e. The summed E-state index contributed by atoms with van der Waals surface area (Å²) in [4.78, 5) is 62.5. The van der Waals surface area contributed by atoms with E-state index in [1.165, 1.54) is 18.2 Å². The zero-order valence-corrected chi connectivity index (χ0v) is 20.5. The summed E-state index contributed by atoms with van der Waals surface area (Å²) in [6.07, 6.45) is 0.0965. The number of hydrogen-bond acceptors (Lipinski definition) is 10. The third-order valence-corrected chi connectivity index (χ3v) is 5.61. The molecule has 0 aliphatic carbocycles. The van der Waals surface area contributed by atoms with Gasteiger partial charge in [-0.25, -0.2) is 0 Å². The first-order chi connectivity index (χ1) is 17.9. The van der Waals surface area contributed by atoms with Crippen molar-refractivity contribution in [3.63, 3.8) is 0 Å². The zero-order chi connectivity index (χ0) is 26.6. The van der Waals surface area contributed by atoms with Gasteiger partial charge in [-0.05, 0) is 24.6 Å². The molecular weight excluding hydrogens is 488 g/mol. The second-order valence-corrected chi connectivity index (χ2v) is 8.20. The molecule has 0 aromatic heterocycles. The van der Waals surface area contributed by atoms with Gasteiger partial charge < -0.3 is 30.0 Å². The molecular formula is C24H32N4O9. The Hall–Kier alpha value is -3.23. The van der Waals surface area contributed by atoms with Crippen LogP contribution >= 0.6 is 0 Å². The van der Waals surface area contributed by atoms with Crippen molar-refractivity contribution in [3.8, 4) is 0 Å². The monoisotopic (exact) mass is 520 g/mol. The number of piperidine rings is 1. The maximum absolute atomic E-state index is 12.9. The van der Waals surface area contributed by atoms with Gasteiger partial charge in [0.2, 0.25) is 11.8 Å². The van der Waals surface area contributed by atoms with Crippen molar-refractivity contribution in [2.45, 2.75) is 18.9 Å². The van der Waals surface area contributed by atoms with Crippen molar-refractivity contribution in [2.75, 3.05) is 65.9 Å². The van der Waals surface area contributed by atoms with E-state index in [2.05, 4.69) is 10.6 Å². The first kappa shape index (κ1) is 28.3. The lowest BCUT2D eigenvalue weighted by molar-refractivity contribution is -0.136. The molecule has 37 heavy (non-hydrogen) atoms. The first-order valence-corrected chi connectivity index (χ1v) is 12.1. The standard InChI is InChI=1S/C24H32N4O9/c25-5-7-34-9-11-36-13-14-37-12-10-35-8-6-26-21(30)16-1-2-17-18(15-16)24(33)28(23(17)32)19-3-4-20(29)27-22(19)31/h1-2,15,19H,3-14,25H2,(H,26,30)(H,27,29,31). The Morgan fingerprint density at radius 2 is 1.49 bits per heavy atom. The van der Waals surface area contributed by atoms with Crippen LogP contribution in [0.1, 0.15) is 43.9 Å². The average Bonchev–Trinajstić information content (AvgIpc) is 3.13. The SMILES string of the molecule is NCCOCCOCCOCCOCCNC(=O)c1ccc2c(c1)C(=O)N(C1CCC(=O)NC1=O)C2=O. The highest BCUT2D eigenvalue weighted by Crippen LogP contribution is 2.28. The Morgan fingerprint density at radius 1 is 0.892 bits per heavy atom. The largest absolute Gasteiger partial charge is 0.378 e. The summed E-state index contributed by atoms with van der Waals surface area (Å²) in [7, 11) is 0. The third kappa shape index (κ3) is 7.87. The van der Waals surface area contributed by atoms with E-state index in [9.17, 15) is 24.0 Å². The summed E-state index contributed by atoms with van der Waals surface area (Å²) in [5.41, 5.74) is 5.66. The molecule has 2 aliphatic rings. The summed E-state index contributed by atoms with van der Waals surface area (Å²) in [6, 6.07) is 3.10. The fourth-order valence-electron chi connectivity index (χ4n) is 3.80. The average molecular weight is 521 g/mol. The number of hydrogen-bond donors (Lipinski definition) is 3. The molecule has 202 valence electrons. The molecule has 4 N–H and O–H groups in total. The van der Waals surface area contributed by atoms with Crippen LogP contribution in [-0.4, -0.2) is 106 Å². The molecule has 0 radical (unpaired) electrons. The van der Waals surface area contributed by atoms with Crippen LogP contribution in [0.2, 0.25) is 0 Å². The molecule has 0 bridgehead atoms. The van der Waals surface area contributed by atoms with Crippen molar-refractivity contribution < 1.29 is 42.9 Å². The topological polar surface area (TPSA) is 176 Å². The summed E-state index contributed by atoms with van der Waals surface area (Å²) in [5.74, 6) is -2.86. The summed E-state index contributed by atoms with van der Waals surface area (Å²) in [6.45, 7) is 4.06. The zero-order valence-electron chi connectivity index (χ0n) is 20.5. The van der Waals surface area contributed by atoms with Gasteiger partial charge >= 0.3 is 0 Å². The number of fused-ring (bicyclic) bond motifs is 1. The van der Waals surface area contributed by atoms with Gasteiger partial charge in [0.1, 0.15) is 6.04 Å². The molecule has 1 aromatic carbocycles. The minimum atomic E-state index is -1.06. The molecule has 1 saturated heterocycles. The van der Waals surface area contributed by atoms with Gasteiger partial charge in [-0.15, -0.1) is 0 Å². The van der Waals surface area contributed by atoms with Crippen LogP contribution in [0.25, 0.3) is 0 Å². The van der Waals surface area contributed by atoms with Gasteiger partial charge in [-0.1, -0.05) is 0 Å². The van der Waals surface area contributed by atoms with E-state index in [0.717, 1.165) is 4.90 Å². The van der Waals surface area contributed by atoms with Gasteiger partial charge in [-0.2, -0.15) is 0 Å². The summed E-state index contributed by atoms with van der Waals surface area (Å²) < 4.78 is 21.3. The fraction of sp³-hybridized carbons (Fsp3) is 0.542. The molecule has 5 amide bonds. The highest BCUT2D eigenvalue weighted by Gasteiger charge is 2.44. The van der Waals surface area contributed by atoms with E-state index in [-0.39, 0.29) is 42.7 Å². The summed E-state index contributed by atoms with van der Waals surface area (Å²) >= 11 is 0. The number of carbonyl (C=O) groups is 5. The lowest BCUT2D eigenvalue weighted by Crippen LogP contribution is -2.54. The van der Waals surface area contributed by atoms with Crippen LogP contribution in [0.3, 0.4) is 0 Å². The van der Waals surface area contributed by atoms with Crippen molar-refractivity contribution >= 4 is 29.5 Å². The molecule has 0 spiro atoms. The van der Waals surface area contributed by atoms with Crippen LogP contribution in [0.15, 0.2) is 18.2 Å². The van der Waals surface area contributed by atoms with Crippen LogP contribution in [-0.2, 0) is 28.5 Å². The molecule has 13 heteroatoms. The molecule has 3 rings (SSSR count). The van der Waals surface area contributed by atoms with E-state index in [1.807, 2.05) is 0 Å². The van der Waals surface area contributed by atoms with Gasteiger partial charge in [0.25, 0.3) is 17.7 Å². The maximum atomic E-state index is 12.9. The molecule has 1 aromatic rings. The van der Waals surface area contributed by atoms with Crippen LogP contribution in [0.5, 0.6) is 0 Å². The van der Waals surface area contributed by atoms with E-state index in [0.29, 0.717) is 52.8 Å². The van der Waals surface area contributed by atoms with Crippen molar-refractivity contribution in [1.29, 1.82) is 0 Å². The van der Waals surface area contributed by atoms with Crippen molar-refractivity contribution in [3.05, 3.63) is 34.9 Å². The van der Waals surface area contributed by atoms with Gasteiger partial charge in [-0.3, -0.25) is 34.2 Å². The number of ether oxygens (including phenoxy) is 4. The second-order valence-electron chi connectivity index (χ2n) is 8.20. The number of rotatable bonds is 16. The number of amides is 5. The highest BCUT2D eigenvalue weighted by atomic mass is 16.6. The lowest BCUT2D eigenvalue weighted by atomic mass is 10.0. The Morgan fingerprint density at radius 3 is 2.11 bits per heavy atom. The van der Waals surface area contributed by atoms with E-state index in [1.54, 1.807) is 0 Å². The Kier molecular flexibility index (Phi) is 11.1. The Balaban J connectivity index is 1.33. The second kappa shape index (κ2) is 14.5. The predicted molar refractivity (Wildman–Crippen MR) is 128 cm³/mol. The normalized spacial score (nSPS) is 17.2. The Bertz CT molecular complexity index is 1000. The molecule has 1 unspecified atom stereocenters. The van der Waals surface area contributed by atoms with Gasteiger partial charge in [0.05, 0.1) is 64.0 Å². The predicted octanol–water partition coefficient (Wildman–Crippen LogP) is -1.16. The maximum Gasteiger partial charge on any atom is 0.262 e. The number of imide groups is 2. The molecule has 1 fully saturated rings. The third-order valence-electron chi connectivity index (χ3n) is 5.61. The van der Waals surface area contributed by atoms with E-state index >= 15 is 0 Å². The first-order valence-electron chi connectivity index (χ1n) is 12.1. The van der Waals surface area contributed by atoms with Crippen molar-refractivity contribution in [2.24, 2.45) is 5.73 Å². The van der Waals surface area contributed by atoms with E-state index < -0.39 is 35.6 Å². The van der Waals surface area contributed by atoms with Gasteiger partial charge in [0.15, 0.2) is 0 Å². The number of nitrogens with one attached hydrogen (secondary N) is 2. The van der Waals surface area contributed by atoms with Crippen molar-refractivity contribution in [1.82, 2.24) is 15.5 Å².